The molecule has 2 nitrogen and oxygen atoms in total. The van der Waals surface area contributed by atoms with Gasteiger partial charge in [0.05, 0.1) is 5.71 Å². The molecule has 3 rings (SSSR count). The predicted octanol–water partition coefficient (Wildman–Crippen LogP) is 4.78. The molecule has 0 bridgehead atoms. The van der Waals surface area contributed by atoms with Crippen LogP contribution in [0.5, 0.6) is 0 Å². The van der Waals surface area contributed by atoms with Gasteiger partial charge in [0.1, 0.15) is 5.82 Å². The molecule has 2 aliphatic carbocycles. The van der Waals surface area contributed by atoms with E-state index in [0.29, 0.717) is 5.92 Å². The molecule has 0 heterocycles. The minimum absolute atomic E-state index is 0.228. The topological polar surface area (TPSA) is 32.6 Å². The van der Waals surface area contributed by atoms with Gasteiger partial charge in [-0.2, -0.15) is 0 Å². The normalized spacial score (nSPS) is 22.8. The average Bonchev–Trinajstić information content (AvgIpc) is 2.93. The van der Waals surface area contributed by atoms with E-state index in [1.165, 1.54) is 49.8 Å². The summed E-state index contributed by atoms with van der Waals surface area (Å²) in [6.45, 7) is 0. The lowest BCUT2D eigenvalue weighted by atomic mass is 9.81. The molecule has 0 atom stereocenters. The molecular formula is C17H20FNO. The third-order valence-electron chi connectivity index (χ3n) is 4.59. The first-order valence-electron chi connectivity index (χ1n) is 7.50. The number of halogens is 1. The Hall–Kier alpha value is -1.64. The Kier molecular flexibility index (Phi) is 3.86. The van der Waals surface area contributed by atoms with E-state index in [0.717, 1.165) is 29.7 Å². The van der Waals surface area contributed by atoms with Gasteiger partial charge >= 0.3 is 0 Å². The van der Waals surface area contributed by atoms with Gasteiger partial charge in [-0.1, -0.05) is 42.1 Å². The van der Waals surface area contributed by atoms with E-state index < -0.39 is 0 Å². The zero-order valence-corrected chi connectivity index (χ0v) is 11.6. The summed E-state index contributed by atoms with van der Waals surface area (Å²) < 4.78 is 13.1. The van der Waals surface area contributed by atoms with Crippen LogP contribution in [0.2, 0.25) is 0 Å². The largest absolute Gasteiger partial charge is 0.411 e. The summed E-state index contributed by atoms with van der Waals surface area (Å²) in [5.41, 5.74) is 4.23. The minimum atomic E-state index is -0.228. The SMILES string of the molecule is O/N=C1\CCC(C2CCCCC2)=C1c1ccc(F)cc1. The Bertz CT molecular complexity index is 539. The highest BCUT2D eigenvalue weighted by atomic mass is 19.1. The fourth-order valence-electron chi connectivity index (χ4n) is 3.62. The fraction of sp³-hybridized carbons (Fsp3) is 0.471. The predicted molar refractivity (Wildman–Crippen MR) is 78.4 cm³/mol. The van der Waals surface area contributed by atoms with Crippen LogP contribution >= 0.6 is 0 Å². The summed E-state index contributed by atoms with van der Waals surface area (Å²) in [5, 5.41) is 12.7. The molecule has 0 aromatic heterocycles. The first kappa shape index (κ1) is 13.3. The molecule has 1 fully saturated rings. The van der Waals surface area contributed by atoms with Crippen LogP contribution in [-0.4, -0.2) is 10.9 Å². The number of allylic oxidation sites excluding steroid dienone is 2. The minimum Gasteiger partial charge on any atom is -0.411 e. The number of oxime groups is 1. The lowest BCUT2D eigenvalue weighted by Gasteiger charge is -2.24. The summed E-state index contributed by atoms with van der Waals surface area (Å²) in [7, 11) is 0. The maximum Gasteiger partial charge on any atom is 0.123 e. The van der Waals surface area contributed by atoms with Gasteiger partial charge in [-0.05, 0) is 49.3 Å². The average molecular weight is 273 g/mol. The summed E-state index contributed by atoms with van der Waals surface area (Å²) in [4.78, 5) is 0. The van der Waals surface area contributed by atoms with Gasteiger partial charge in [-0.15, -0.1) is 0 Å². The third kappa shape index (κ3) is 2.49. The highest BCUT2D eigenvalue weighted by Crippen LogP contribution is 2.41. The molecule has 1 saturated carbocycles. The van der Waals surface area contributed by atoms with Crippen LogP contribution in [0.15, 0.2) is 35.0 Å². The Morgan fingerprint density at radius 3 is 2.35 bits per heavy atom. The van der Waals surface area contributed by atoms with Crippen LogP contribution in [-0.2, 0) is 0 Å². The number of nitrogens with zero attached hydrogens (tertiary/aromatic N) is 1. The van der Waals surface area contributed by atoms with Crippen LogP contribution in [0.1, 0.15) is 50.5 Å². The van der Waals surface area contributed by atoms with E-state index >= 15 is 0 Å². The molecule has 1 aromatic rings. The van der Waals surface area contributed by atoms with Crippen molar-refractivity contribution < 1.29 is 9.60 Å². The van der Waals surface area contributed by atoms with E-state index in [-0.39, 0.29) is 5.82 Å². The molecule has 3 heteroatoms. The second kappa shape index (κ2) is 5.78. The second-order valence-electron chi connectivity index (χ2n) is 5.79. The van der Waals surface area contributed by atoms with Crippen LogP contribution in [0, 0.1) is 11.7 Å². The number of hydrogen-bond acceptors (Lipinski definition) is 2. The maximum atomic E-state index is 13.1. The molecule has 1 N–H and O–H groups in total. The number of rotatable bonds is 2. The van der Waals surface area contributed by atoms with Crippen molar-refractivity contribution in [2.75, 3.05) is 0 Å². The van der Waals surface area contributed by atoms with Gasteiger partial charge in [-0.3, -0.25) is 0 Å². The van der Waals surface area contributed by atoms with Gasteiger partial charge in [0.15, 0.2) is 0 Å². The van der Waals surface area contributed by atoms with Crippen LogP contribution in [0.3, 0.4) is 0 Å². The van der Waals surface area contributed by atoms with E-state index in [2.05, 4.69) is 5.16 Å². The van der Waals surface area contributed by atoms with Crippen LogP contribution < -0.4 is 0 Å². The fourth-order valence-corrected chi connectivity index (χ4v) is 3.62. The van der Waals surface area contributed by atoms with E-state index in [1.807, 2.05) is 0 Å². The molecule has 2 aliphatic rings. The van der Waals surface area contributed by atoms with Gasteiger partial charge in [0.2, 0.25) is 0 Å². The van der Waals surface area contributed by atoms with Gasteiger partial charge in [-0.25, -0.2) is 4.39 Å². The summed E-state index contributed by atoms with van der Waals surface area (Å²) in [6.07, 6.45) is 8.16. The molecule has 106 valence electrons. The quantitative estimate of drug-likeness (QED) is 0.610. The molecule has 20 heavy (non-hydrogen) atoms. The van der Waals surface area contributed by atoms with Gasteiger partial charge in [0.25, 0.3) is 0 Å². The Morgan fingerprint density at radius 1 is 1.00 bits per heavy atom. The molecular weight excluding hydrogens is 253 g/mol. The monoisotopic (exact) mass is 273 g/mol. The number of hydrogen-bond donors (Lipinski definition) is 1. The molecule has 0 saturated heterocycles. The lowest BCUT2D eigenvalue weighted by Crippen LogP contribution is -2.09. The maximum absolute atomic E-state index is 13.1. The standard InChI is InChI=1S/C17H20FNO/c18-14-8-6-13(7-9-14)17-15(10-11-16(17)19-20)12-4-2-1-3-5-12/h6-9,12,20H,1-5,10-11H2/b19-16+. The molecule has 0 radical (unpaired) electrons. The van der Waals surface area contributed by atoms with Crippen molar-refractivity contribution in [2.45, 2.75) is 44.9 Å². The third-order valence-corrected chi connectivity index (χ3v) is 4.59. The first-order chi connectivity index (χ1) is 9.79. The van der Waals surface area contributed by atoms with Crippen molar-refractivity contribution in [3.8, 4) is 0 Å². The molecule has 0 spiro atoms. The molecule has 0 amide bonds. The van der Waals surface area contributed by atoms with Crippen molar-refractivity contribution in [2.24, 2.45) is 11.1 Å². The van der Waals surface area contributed by atoms with Gasteiger partial charge in [0, 0.05) is 5.57 Å². The highest BCUT2D eigenvalue weighted by Gasteiger charge is 2.29. The van der Waals surface area contributed by atoms with E-state index in [4.69, 9.17) is 0 Å². The van der Waals surface area contributed by atoms with Gasteiger partial charge < -0.3 is 5.21 Å². The summed E-state index contributed by atoms with van der Waals surface area (Å²) >= 11 is 0. The Balaban J connectivity index is 2.01. The van der Waals surface area contributed by atoms with Crippen molar-refractivity contribution in [3.63, 3.8) is 0 Å². The summed E-state index contributed by atoms with van der Waals surface area (Å²) in [6, 6.07) is 6.55. The van der Waals surface area contributed by atoms with Crippen molar-refractivity contribution >= 4 is 11.3 Å². The zero-order valence-electron chi connectivity index (χ0n) is 11.6. The van der Waals surface area contributed by atoms with E-state index in [1.54, 1.807) is 12.1 Å². The van der Waals surface area contributed by atoms with Crippen LogP contribution in [0.4, 0.5) is 4.39 Å². The lowest BCUT2D eigenvalue weighted by molar-refractivity contribution is 0.319. The summed E-state index contributed by atoms with van der Waals surface area (Å²) in [5.74, 6) is 0.386. The Labute approximate surface area is 119 Å². The van der Waals surface area contributed by atoms with Crippen molar-refractivity contribution in [3.05, 3.63) is 41.2 Å². The van der Waals surface area contributed by atoms with Crippen LogP contribution in [0.25, 0.3) is 5.57 Å². The molecule has 0 unspecified atom stereocenters. The first-order valence-corrected chi connectivity index (χ1v) is 7.50. The Morgan fingerprint density at radius 2 is 1.70 bits per heavy atom. The van der Waals surface area contributed by atoms with E-state index in [9.17, 15) is 9.60 Å². The second-order valence-corrected chi connectivity index (χ2v) is 5.79. The highest BCUT2D eigenvalue weighted by molar-refractivity contribution is 6.26. The van der Waals surface area contributed by atoms with Crippen molar-refractivity contribution in [1.82, 2.24) is 0 Å². The van der Waals surface area contributed by atoms with Crippen molar-refractivity contribution in [1.29, 1.82) is 0 Å². The molecule has 0 aliphatic heterocycles. The zero-order chi connectivity index (χ0) is 13.9. The number of benzene rings is 1. The molecule has 1 aromatic carbocycles. The smallest absolute Gasteiger partial charge is 0.123 e.